The van der Waals surface area contributed by atoms with Crippen molar-refractivity contribution in [1.29, 1.82) is 0 Å². The molecule has 0 bridgehead atoms. The Kier molecular flexibility index (Phi) is 39.0. The number of ether oxygens (including phenoxy) is 2. The Morgan fingerprint density at radius 3 is 1.51 bits per heavy atom. The molecular weight excluding hydrogens is 689 g/mol. The van der Waals surface area contributed by atoms with E-state index in [9.17, 15) is 19.0 Å². The summed E-state index contributed by atoms with van der Waals surface area (Å²) in [7, 11) is -4.39. The Morgan fingerprint density at radius 1 is 0.566 bits per heavy atom. The van der Waals surface area contributed by atoms with E-state index in [1.165, 1.54) is 141 Å². The molecule has 0 fully saturated rings. The lowest BCUT2D eigenvalue weighted by Gasteiger charge is -2.19. The van der Waals surface area contributed by atoms with Crippen LogP contribution < -0.4 is 5.73 Å². The minimum atomic E-state index is -4.39. The zero-order chi connectivity index (χ0) is 38.9. The summed E-state index contributed by atoms with van der Waals surface area (Å²) >= 11 is 0. The summed E-state index contributed by atoms with van der Waals surface area (Å²) < 4.78 is 32.7. The van der Waals surface area contributed by atoms with Crippen LogP contribution in [0.5, 0.6) is 0 Å². The average molecular weight is 772 g/mol. The van der Waals surface area contributed by atoms with Crippen molar-refractivity contribution in [2.45, 2.75) is 213 Å². The quantitative estimate of drug-likeness (QED) is 0.0269. The lowest BCUT2D eigenvalue weighted by Crippen LogP contribution is -2.29. The fourth-order valence-corrected chi connectivity index (χ4v) is 6.87. The predicted octanol–water partition coefficient (Wildman–Crippen LogP) is 12.4. The number of esters is 2. The van der Waals surface area contributed by atoms with Crippen LogP contribution in [0.4, 0.5) is 0 Å². The standard InChI is InChI=1S/C43H82NO8P/c1-3-5-7-9-11-13-15-17-19-20-22-24-26-28-30-32-34-36-43(46)52-41(40-51-53(47,48)50-38-37-44)39-49-42(45)35-33-31-29-27-25-23-21-18-16-14-12-10-8-6-4-2/h24,26,30,32,41H,3-23,25,27-29,31,33-40,44H2,1-2H3,(H,47,48)/b26-24-,32-30-. The van der Waals surface area contributed by atoms with Crippen molar-refractivity contribution < 1.29 is 37.6 Å². The van der Waals surface area contributed by atoms with E-state index in [-0.39, 0.29) is 32.6 Å². The fraction of sp³-hybridized carbons (Fsp3) is 0.860. The monoisotopic (exact) mass is 772 g/mol. The molecule has 9 nitrogen and oxygen atoms in total. The molecule has 53 heavy (non-hydrogen) atoms. The van der Waals surface area contributed by atoms with Gasteiger partial charge < -0.3 is 20.1 Å². The van der Waals surface area contributed by atoms with Crippen molar-refractivity contribution in [1.82, 2.24) is 0 Å². The van der Waals surface area contributed by atoms with Crippen LogP contribution in [0.3, 0.4) is 0 Å². The first kappa shape index (κ1) is 51.5. The molecule has 0 saturated carbocycles. The lowest BCUT2D eigenvalue weighted by molar-refractivity contribution is -0.161. The zero-order valence-electron chi connectivity index (χ0n) is 34.3. The first-order valence-corrected chi connectivity index (χ1v) is 23.3. The topological polar surface area (TPSA) is 134 Å². The molecule has 0 heterocycles. The van der Waals surface area contributed by atoms with Gasteiger partial charge in [0.15, 0.2) is 6.10 Å². The number of phosphoric acid groups is 1. The van der Waals surface area contributed by atoms with Crippen LogP contribution in [0, 0.1) is 0 Å². The third kappa shape index (κ3) is 40.0. The van der Waals surface area contributed by atoms with Crippen LogP contribution in [0.15, 0.2) is 24.3 Å². The SMILES string of the molecule is CCCCCCCCCCCC/C=C\C/C=C\CCC(=O)OC(COC(=O)CCCCCCCCCCCCCCCCC)COP(=O)(O)OCCN. The summed E-state index contributed by atoms with van der Waals surface area (Å²) in [6.45, 7) is 3.69. The van der Waals surface area contributed by atoms with Gasteiger partial charge in [-0.25, -0.2) is 4.57 Å². The van der Waals surface area contributed by atoms with E-state index in [0.717, 1.165) is 32.1 Å². The second-order valence-corrected chi connectivity index (χ2v) is 16.0. The van der Waals surface area contributed by atoms with Crippen LogP contribution in [0.25, 0.3) is 0 Å². The minimum Gasteiger partial charge on any atom is -0.462 e. The molecular formula is C43H82NO8P. The third-order valence-electron chi connectivity index (χ3n) is 9.35. The first-order valence-electron chi connectivity index (χ1n) is 21.8. The number of hydrogen-bond donors (Lipinski definition) is 2. The van der Waals surface area contributed by atoms with Gasteiger partial charge in [-0.2, -0.15) is 0 Å². The number of carbonyl (C=O) groups is 2. The van der Waals surface area contributed by atoms with Gasteiger partial charge in [0.1, 0.15) is 6.61 Å². The number of hydrogen-bond acceptors (Lipinski definition) is 8. The van der Waals surface area contributed by atoms with Crippen molar-refractivity contribution in [3.05, 3.63) is 24.3 Å². The number of phosphoric ester groups is 1. The largest absolute Gasteiger partial charge is 0.472 e. The maximum Gasteiger partial charge on any atom is 0.472 e. The lowest BCUT2D eigenvalue weighted by atomic mass is 10.0. The Morgan fingerprint density at radius 2 is 1.02 bits per heavy atom. The van der Waals surface area contributed by atoms with Crippen LogP contribution in [0.1, 0.15) is 206 Å². The molecule has 0 rings (SSSR count). The number of carbonyl (C=O) groups excluding carboxylic acids is 2. The molecule has 312 valence electrons. The molecule has 2 atom stereocenters. The van der Waals surface area contributed by atoms with Crippen molar-refractivity contribution in [2.24, 2.45) is 5.73 Å². The van der Waals surface area contributed by atoms with Gasteiger partial charge >= 0.3 is 19.8 Å². The number of unbranched alkanes of at least 4 members (excludes halogenated alkanes) is 24. The molecule has 2 unspecified atom stereocenters. The van der Waals surface area contributed by atoms with Gasteiger partial charge in [0.05, 0.1) is 13.2 Å². The van der Waals surface area contributed by atoms with Gasteiger partial charge in [-0.15, -0.1) is 0 Å². The minimum absolute atomic E-state index is 0.0475. The first-order chi connectivity index (χ1) is 25.8. The molecule has 0 aliphatic carbocycles. The predicted molar refractivity (Wildman–Crippen MR) is 220 cm³/mol. The summed E-state index contributed by atoms with van der Waals surface area (Å²) in [6.07, 6.45) is 42.2. The Hall–Kier alpha value is -1.51. The van der Waals surface area contributed by atoms with Crippen LogP contribution in [-0.4, -0.2) is 49.3 Å². The normalized spacial score (nSPS) is 13.5. The van der Waals surface area contributed by atoms with E-state index < -0.39 is 32.5 Å². The highest BCUT2D eigenvalue weighted by atomic mass is 31.2. The van der Waals surface area contributed by atoms with E-state index in [4.69, 9.17) is 24.3 Å². The Labute approximate surface area is 325 Å². The van der Waals surface area contributed by atoms with Crippen LogP contribution >= 0.6 is 7.82 Å². The van der Waals surface area contributed by atoms with Gasteiger partial charge in [-0.1, -0.05) is 186 Å². The highest BCUT2D eigenvalue weighted by molar-refractivity contribution is 7.47. The van der Waals surface area contributed by atoms with Crippen molar-refractivity contribution in [3.63, 3.8) is 0 Å². The van der Waals surface area contributed by atoms with Gasteiger partial charge in [-0.3, -0.25) is 18.6 Å². The van der Waals surface area contributed by atoms with Crippen LogP contribution in [-0.2, 0) is 32.7 Å². The summed E-state index contributed by atoms with van der Waals surface area (Å²) in [6, 6.07) is 0. The summed E-state index contributed by atoms with van der Waals surface area (Å²) in [5.74, 6) is -0.898. The maximum atomic E-state index is 12.5. The van der Waals surface area contributed by atoms with E-state index in [2.05, 4.69) is 26.0 Å². The zero-order valence-corrected chi connectivity index (χ0v) is 35.2. The third-order valence-corrected chi connectivity index (χ3v) is 10.3. The Bertz CT molecular complexity index is 928. The van der Waals surface area contributed by atoms with E-state index in [0.29, 0.717) is 6.42 Å². The summed E-state index contributed by atoms with van der Waals surface area (Å²) in [5, 5.41) is 0. The number of allylic oxidation sites excluding steroid dienone is 4. The van der Waals surface area contributed by atoms with Crippen molar-refractivity contribution in [3.8, 4) is 0 Å². The molecule has 0 aliphatic heterocycles. The fourth-order valence-electron chi connectivity index (χ4n) is 6.10. The van der Waals surface area contributed by atoms with E-state index in [1.807, 2.05) is 12.2 Å². The molecule has 10 heteroatoms. The van der Waals surface area contributed by atoms with Gasteiger partial charge in [0.2, 0.25) is 0 Å². The Balaban J connectivity index is 4.20. The van der Waals surface area contributed by atoms with Crippen LogP contribution in [0.2, 0.25) is 0 Å². The molecule has 0 radical (unpaired) electrons. The number of nitrogens with two attached hydrogens (primary N) is 1. The summed E-state index contributed by atoms with van der Waals surface area (Å²) in [4.78, 5) is 34.8. The van der Waals surface area contributed by atoms with Crippen molar-refractivity contribution >= 4 is 19.8 Å². The second kappa shape index (κ2) is 40.2. The second-order valence-electron chi connectivity index (χ2n) is 14.6. The van der Waals surface area contributed by atoms with Gasteiger partial charge in [0, 0.05) is 19.4 Å². The molecule has 0 spiro atoms. The highest BCUT2D eigenvalue weighted by Crippen LogP contribution is 2.43. The smallest absolute Gasteiger partial charge is 0.462 e. The van der Waals surface area contributed by atoms with E-state index >= 15 is 0 Å². The summed E-state index contributed by atoms with van der Waals surface area (Å²) in [5.41, 5.74) is 5.34. The number of rotatable bonds is 41. The average Bonchev–Trinajstić information content (AvgIpc) is 3.14. The molecule has 0 aliphatic rings. The van der Waals surface area contributed by atoms with Gasteiger partial charge in [-0.05, 0) is 32.1 Å². The molecule has 0 aromatic rings. The molecule has 0 saturated heterocycles. The van der Waals surface area contributed by atoms with E-state index in [1.54, 1.807) is 0 Å². The maximum absolute atomic E-state index is 12.5. The molecule has 0 aromatic carbocycles. The molecule has 0 amide bonds. The molecule has 0 aromatic heterocycles. The van der Waals surface area contributed by atoms with Crippen molar-refractivity contribution in [2.75, 3.05) is 26.4 Å². The highest BCUT2D eigenvalue weighted by Gasteiger charge is 2.25. The molecule has 3 N–H and O–H groups in total. The van der Waals surface area contributed by atoms with Gasteiger partial charge in [0.25, 0.3) is 0 Å².